The van der Waals surface area contributed by atoms with Gasteiger partial charge in [-0.3, -0.25) is 4.79 Å². The van der Waals surface area contributed by atoms with Crippen LogP contribution in [0, 0.1) is 0 Å². The lowest BCUT2D eigenvalue weighted by molar-refractivity contribution is -0.121. The van der Waals surface area contributed by atoms with Gasteiger partial charge in [-0.1, -0.05) is 24.3 Å². The number of aliphatic hydroxyl groups excluding tert-OH is 1. The monoisotopic (exact) mass is 380 g/mol. The van der Waals surface area contributed by atoms with E-state index in [0.717, 1.165) is 17.5 Å². The van der Waals surface area contributed by atoms with Crippen LogP contribution < -0.4 is 15.8 Å². The van der Waals surface area contributed by atoms with Crippen molar-refractivity contribution in [3.05, 3.63) is 72.7 Å². The van der Waals surface area contributed by atoms with Gasteiger partial charge in [0, 0.05) is 17.7 Å². The zero-order valence-corrected chi connectivity index (χ0v) is 15.7. The normalized spacial score (nSPS) is 13.0. The molecule has 0 bridgehead atoms. The van der Waals surface area contributed by atoms with Crippen LogP contribution in [0.3, 0.4) is 0 Å². The highest BCUT2D eigenvalue weighted by molar-refractivity contribution is 5.97. The van der Waals surface area contributed by atoms with Crippen LogP contribution in [0.5, 0.6) is 5.75 Å². The summed E-state index contributed by atoms with van der Waals surface area (Å²) in [5.74, 6) is 0.272. The Hall–Kier alpha value is -3.09. The van der Waals surface area contributed by atoms with Crippen molar-refractivity contribution in [2.24, 2.45) is 5.73 Å². The average molecular weight is 380 g/mol. The molecule has 1 aromatic heterocycles. The van der Waals surface area contributed by atoms with Crippen molar-refractivity contribution in [3.8, 4) is 16.9 Å². The molecule has 0 saturated carbocycles. The maximum absolute atomic E-state index is 11.9. The first-order chi connectivity index (χ1) is 13.5. The van der Waals surface area contributed by atoms with E-state index >= 15 is 0 Å². The van der Waals surface area contributed by atoms with Crippen LogP contribution in [-0.4, -0.2) is 29.8 Å². The van der Waals surface area contributed by atoms with E-state index in [-0.39, 0.29) is 0 Å². The summed E-state index contributed by atoms with van der Waals surface area (Å²) in [6, 6.07) is 17.3. The molecular formula is C22H24N2O4. The summed E-state index contributed by atoms with van der Waals surface area (Å²) in [6.07, 6.45) is 4.17. The van der Waals surface area contributed by atoms with Crippen LogP contribution in [0.4, 0.5) is 5.69 Å². The molecule has 28 heavy (non-hydrogen) atoms. The van der Waals surface area contributed by atoms with Crippen molar-refractivity contribution in [1.29, 1.82) is 0 Å². The molecule has 3 aromatic rings. The molecule has 0 saturated heterocycles. The fourth-order valence-electron chi connectivity index (χ4n) is 2.56. The maximum atomic E-state index is 11.9. The molecule has 6 heteroatoms. The van der Waals surface area contributed by atoms with Crippen molar-refractivity contribution < 1.29 is 19.1 Å². The van der Waals surface area contributed by atoms with Gasteiger partial charge in [-0.15, -0.1) is 0 Å². The number of carbonyl (C=O) groups excluding carboxylic acids is 1. The SMILES string of the molecule is CC(N)(CO)C(=O)Nc1ccc(OCCc2ccc(-c3ccoc3)cc2)cc1. The summed E-state index contributed by atoms with van der Waals surface area (Å²) in [7, 11) is 0. The third-order valence-electron chi connectivity index (χ3n) is 4.43. The second-order valence-electron chi connectivity index (χ2n) is 6.86. The molecule has 0 spiro atoms. The van der Waals surface area contributed by atoms with Crippen molar-refractivity contribution in [1.82, 2.24) is 0 Å². The summed E-state index contributed by atoms with van der Waals surface area (Å²) in [6.45, 7) is 1.59. The van der Waals surface area contributed by atoms with Gasteiger partial charge in [-0.2, -0.15) is 0 Å². The summed E-state index contributed by atoms with van der Waals surface area (Å²) >= 11 is 0. The second-order valence-corrected chi connectivity index (χ2v) is 6.86. The van der Waals surface area contributed by atoms with Crippen LogP contribution in [0.2, 0.25) is 0 Å². The Labute approximate surface area is 163 Å². The Kier molecular flexibility index (Phi) is 6.13. The fourth-order valence-corrected chi connectivity index (χ4v) is 2.56. The maximum Gasteiger partial charge on any atom is 0.246 e. The molecule has 6 nitrogen and oxygen atoms in total. The highest BCUT2D eigenvalue weighted by atomic mass is 16.5. The number of amides is 1. The molecular weight excluding hydrogens is 356 g/mol. The Bertz CT molecular complexity index is 885. The van der Waals surface area contributed by atoms with E-state index in [4.69, 9.17) is 20.0 Å². The number of aliphatic hydroxyl groups is 1. The first kappa shape index (κ1) is 19.7. The Balaban J connectivity index is 1.48. The average Bonchev–Trinajstić information content (AvgIpc) is 3.24. The van der Waals surface area contributed by atoms with Crippen molar-refractivity contribution in [3.63, 3.8) is 0 Å². The predicted molar refractivity (Wildman–Crippen MR) is 108 cm³/mol. The lowest BCUT2D eigenvalue weighted by atomic mass is 10.0. The standard InChI is InChI=1S/C22H24N2O4/c1-22(23,15-25)21(26)24-19-6-8-20(9-7-19)28-13-10-16-2-4-17(5-3-16)18-11-12-27-14-18/h2-9,11-12,14,25H,10,13,15,23H2,1H3,(H,24,26). The lowest BCUT2D eigenvalue weighted by Gasteiger charge is -2.20. The highest BCUT2D eigenvalue weighted by Crippen LogP contribution is 2.21. The van der Waals surface area contributed by atoms with E-state index < -0.39 is 18.1 Å². The van der Waals surface area contributed by atoms with E-state index in [2.05, 4.69) is 29.6 Å². The van der Waals surface area contributed by atoms with Crippen LogP contribution in [0.25, 0.3) is 11.1 Å². The van der Waals surface area contributed by atoms with Gasteiger partial charge in [0.15, 0.2) is 0 Å². The number of hydrogen-bond acceptors (Lipinski definition) is 5. The number of anilines is 1. The first-order valence-electron chi connectivity index (χ1n) is 9.03. The number of benzene rings is 2. The minimum absolute atomic E-state index is 0.427. The molecule has 3 rings (SSSR count). The summed E-state index contributed by atoms with van der Waals surface area (Å²) < 4.78 is 10.9. The highest BCUT2D eigenvalue weighted by Gasteiger charge is 2.27. The Morgan fingerprint density at radius 3 is 2.43 bits per heavy atom. The topological polar surface area (TPSA) is 97.7 Å². The zero-order chi connectivity index (χ0) is 20.0. The first-order valence-corrected chi connectivity index (χ1v) is 9.03. The Morgan fingerprint density at radius 2 is 1.82 bits per heavy atom. The number of nitrogens with two attached hydrogens (primary N) is 1. The molecule has 0 aliphatic heterocycles. The van der Waals surface area contributed by atoms with Crippen molar-refractivity contribution >= 4 is 11.6 Å². The van der Waals surface area contributed by atoms with Gasteiger partial charge in [0.2, 0.25) is 5.91 Å². The molecule has 146 valence electrons. The summed E-state index contributed by atoms with van der Waals surface area (Å²) in [5.41, 5.74) is 8.34. The van der Waals surface area contributed by atoms with Gasteiger partial charge >= 0.3 is 0 Å². The molecule has 0 radical (unpaired) electrons. The van der Waals surface area contributed by atoms with Crippen LogP contribution in [0.15, 0.2) is 71.5 Å². The predicted octanol–water partition coefficient (Wildman–Crippen LogP) is 3.22. The number of carbonyl (C=O) groups is 1. The number of hydrogen-bond donors (Lipinski definition) is 3. The molecule has 2 aromatic carbocycles. The second kappa shape index (κ2) is 8.73. The molecule has 0 aliphatic carbocycles. The molecule has 4 N–H and O–H groups in total. The Morgan fingerprint density at radius 1 is 1.11 bits per heavy atom. The minimum atomic E-state index is -1.32. The molecule has 1 atom stereocenters. The lowest BCUT2D eigenvalue weighted by Crippen LogP contribution is -2.51. The van der Waals surface area contributed by atoms with Gasteiger partial charge < -0.3 is 25.3 Å². The third-order valence-corrected chi connectivity index (χ3v) is 4.43. The van der Waals surface area contributed by atoms with E-state index in [1.54, 1.807) is 36.8 Å². The van der Waals surface area contributed by atoms with Gasteiger partial charge in [-0.25, -0.2) is 0 Å². The van der Waals surface area contributed by atoms with Crippen LogP contribution in [-0.2, 0) is 11.2 Å². The van der Waals surface area contributed by atoms with Crippen LogP contribution >= 0.6 is 0 Å². The van der Waals surface area contributed by atoms with E-state index in [1.807, 2.05) is 6.07 Å². The summed E-state index contributed by atoms with van der Waals surface area (Å²) in [5, 5.41) is 11.8. The number of rotatable bonds is 8. The van der Waals surface area contributed by atoms with Gasteiger partial charge in [0.1, 0.15) is 11.3 Å². The van der Waals surface area contributed by atoms with Gasteiger partial charge in [0.05, 0.1) is 25.7 Å². The van der Waals surface area contributed by atoms with Crippen LogP contribution in [0.1, 0.15) is 12.5 Å². The number of furan rings is 1. The zero-order valence-electron chi connectivity index (χ0n) is 15.7. The molecule has 1 unspecified atom stereocenters. The molecule has 0 aliphatic rings. The largest absolute Gasteiger partial charge is 0.493 e. The van der Waals surface area contributed by atoms with Gasteiger partial charge in [0.25, 0.3) is 0 Å². The number of ether oxygens (including phenoxy) is 1. The van der Waals surface area contributed by atoms with Gasteiger partial charge in [-0.05, 0) is 48.4 Å². The smallest absolute Gasteiger partial charge is 0.246 e. The van der Waals surface area contributed by atoms with Crippen molar-refractivity contribution in [2.75, 3.05) is 18.5 Å². The number of nitrogens with one attached hydrogen (secondary N) is 1. The van der Waals surface area contributed by atoms with E-state index in [0.29, 0.717) is 18.0 Å². The minimum Gasteiger partial charge on any atom is -0.493 e. The molecule has 1 amide bonds. The molecule has 0 fully saturated rings. The van der Waals surface area contributed by atoms with E-state index in [1.165, 1.54) is 12.5 Å². The summed E-state index contributed by atoms with van der Waals surface area (Å²) in [4.78, 5) is 11.9. The quantitative estimate of drug-likeness (QED) is 0.557. The fraction of sp³-hybridized carbons (Fsp3) is 0.227. The van der Waals surface area contributed by atoms with E-state index in [9.17, 15) is 4.79 Å². The molecule has 1 heterocycles. The third kappa shape index (κ3) is 5.00. The van der Waals surface area contributed by atoms with Crippen molar-refractivity contribution in [2.45, 2.75) is 18.9 Å².